The van der Waals surface area contributed by atoms with Gasteiger partial charge in [0.05, 0.1) is 22.1 Å². The van der Waals surface area contributed by atoms with Crippen LogP contribution in [-0.2, 0) is 20.4 Å². The molecule has 2 aliphatic heterocycles. The molecule has 4 atom stereocenters. The third kappa shape index (κ3) is 8.93. The maximum absolute atomic E-state index is 13.8. The molecule has 0 saturated carbocycles. The summed E-state index contributed by atoms with van der Waals surface area (Å²) >= 11 is 11.5. The number of piperidine rings is 2. The number of benzene rings is 4. The molecule has 0 unspecified atom stereocenters. The Morgan fingerprint density at radius 3 is 1.28 bits per heavy atom. The predicted molar refractivity (Wildman–Crippen MR) is 207 cm³/mol. The van der Waals surface area contributed by atoms with E-state index in [-0.39, 0.29) is 56.4 Å². The lowest BCUT2D eigenvalue weighted by Gasteiger charge is -2.43. The smallest absolute Gasteiger partial charge is 0.223 e. The number of allylic oxidation sites excluding steroid dienone is 2. The van der Waals surface area contributed by atoms with E-state index in [2.05, 4.69) is 13.2 Å². The lowest BCUT2D eigenvalue weighted by atomic mass is 9.70. The molecule has 0 radical (unpaired) electrons. The van der Waals surface area contributed by atoms with Crippen molar-refractivity contribution in [2.24, 2.45) is 0 Å². The number of rotatable bonds is 10. The zero-order valence-electron chi connectivity index (χ0n) is 30.4. The summed E-state index contributed by atoms with van der Waals surface area (Å²) in [6, 6.07) is 21.5. The predicted octanol–water partition coefficient (Wildman–Crippen LogP) is 11.6. The van der Waals surface area contributed by atoms with Crippen LogP contribution < -0.4 is 0 Å². The minimum atomic E-state index is -0.488. The van der Waals surface area contributed by atoms with Gasteiger partial charge in [-0.2, -0.15) is 0 Å². The Bertz CT molecular complexity index is 1850. The molecule has 0 bridgehead atoms. The molecular weight excluding hydrogens is 735 g/mol. The number of carbonyl (C=O) groups excluding carboxylic acids is 2. The van der Waals surface area contributed by atoms with Gasteiger partial charge >= 0.3 is 0 Å². The molecule has 0 N–H and O–H groups in total. The normalized spacial score (nSPS) is 21.2. The minimum Gasteiger partial charge on any atom is -0.336 e. The fourth-order valence-corrected chi connectivity index (χ4v) is 8.07. The summed E-state index contributed by atoms with van der Waals surface area (Å²) in [5, 5.41) is 0.134. The maximum atomic E-state index is 13.8. The third-order valence-electron chi connectivity index (χ3n) is 11.1. The van der Waals surface area contributed by atoms with Gasteiger partial charge in [0.2, 0.25) is 11.8 Å². The average molecular weight is 780 g/mol. The first kappa shape index (κ1) is 40.8. The maximum Gasteiger partial charge on any atom is 0.223 e. The van der Waals surface area contributed by atoms with E-state index in [1.807, 2.05) is 26.0 Å². The second-order valence-electron chi connectivity index (χ2n) is 14.3. The number of halogens is 6. The molecule has 4 aromatic carbocycles. The first-order valence-electron chi connectivity index (χ1n) is 18.0. The number of amides is 2. The molecular formula is C44H44Cl2F4N2O2. The Morgan fingerprint density at radius 2 is 0.981 bits per heavy atom. The second-order valence-corrected chi connectivity index (χ2v) is 15.1. The van der Waals surface area contributed by atoms with Crippen LogP contribution in [0.2, 0.25) is 10.0 Å². The van der Waals surface area contributed by atoms with Crippen molar-refractivity contribution >= 4 is 35.0 Å². The van der Waals surface area contributed by atoms with Crippen LogP contribution in [0, 0.1) is 23.3 Å². The van der Waals surface area contributed by atoms with Gasteiger partial charge < -0.3 is 9.80 Å². The van der Waals surface area contributed by atoms with Crippen LogP contribution >= 0.6 is 23.2 Å². The Hall–Kier alpha value is -4.40. The lowest BCUT2D eigenvalue weighted by Crippen LogP contribution is -2.47. The summed E-state index contributed by atoms with van der Waals surface area (Å²) < 4.78 is 54.3. The van der Waals surface area contributed by atoms with Gasteiger partial charge in [-0.15, -0.1) is 13.2 Å². The second kappa shape index (κ2) is 17.4. The van der Waals surface area contributed by atoms with Crippen molar-refractivity contribution in [3.05, 3.63) is 166 Å². The van der Waals surface area contributed by atoms with Gasteiger partial charge in [-0.05, 0) is 110 Å². The van der Waals surface area contributed by atoms with E-state index in [1.165, 1.54) is 48.5 Å². The van der Waals surface area contributed by atoms with Crippen molar-refractivity contribution in [1.82, 2.24) is 9.80 Å². The van der Waals surface area contributed by atoms with Gasteiger partial charge in [0.15, 0.2) is 0 Å². The largest absolute Gasteiger partial charge is 0.336 e. The van der Waals surface area contributed by atoms with Crippen LogP contribution in [0.25, 0.3) is 0 Å². The van der Waals surface area contributed by atoms with Crippen molar-refractivity contribution in [3.63, 3.8) is 0 Å². The van der Waals surface area contributed by atoms with Crippen LogP contribution in [0.1, 0.15) is 86.7 Å². The Kier molecular flexibility index (Phi) is 13.1. The van der Waals surface area contributed by atoms with Crippen molar-refractivity contribution in [2.45, 2.75) is 75.3 Å². The number of hydrogen-bond acceptors (Lipinski definition) is 2. The van der Waals surface area contributed by atoms with E-state index < -0.39 is 11.6 Å². The van der Waals surface area contributed by atoms with E-state index in [1.54, 1.807) is 46.2 Å². The zero-order chi connectivity index (χ0) is 39.2. The summed E-state index contributed by atoms with van der Waals surface area (Å²) in [5.74, 6) is -1.58. The summed E-state index contributed by atoms with van der Waals surface area (Å²) in [7, 11) is 0. The van der Waals surface area contributed by atoms with Gasteiger partial charge in [0, 0.05) is 36.8 Å². The summed E-state index contributed by atoms with van der Waals surface area (Å²) in [4.78, 5) is 29.5. The number of hydrogen-bond donors (Lipinski definition) is 0. The molecule has 2 heterocycles. The molecule has 2 aliphatic rings. The third-order valence-corrected chi connectivity index (χ3v) is 11.7. The van der Waals surface area contributed by atoms with E-state index in [0.29, 0.717) is 49.9 Å². The number of likely N-dealkylation sites (tertiary alicyclic amines) is 2. The quantitative estimate of drug-likeness (QED) is 0.119. The van der Waals surface area contributed by atoms with Crippen molar-refractivity contribution in [2.75, 3.05) is 13.1 Å². The first-order chi connectivity index (χ1) is 25.7. The molecule has 2 fully saturated rings. The molecule has 2 amide bonds. The van der Waals surface area contributed by atoms with E-state index >= 15 is 0 Å². The molecule has 10 heteroatoms. The fraction of sp³-hybridized carbons (Fsp3) is 0.318. The summed E-state index contributed by atoms with van der Waals surface area (Å²) in [5.41, 5.74) is 2.55. The molecule has 0 aromatic heterocycles. The first-order valence-corrected chi connectivity index (χ1v) is 18.7. The highest BCUT2D eigenvalue weighted by Gasteiger charge is 2.42. The molecule has 2 saturated heterocycles. The zero-order valence-corrected chi connectivity index (χ0v) is 32.0. The lowest BCUT2D eigenvalue weighted by molar-refractivity contribution is -0.139. The summed E-state index contributed by atoms with van der Waals surface area (Å²) in [6.45, 7) is 12.5. The number of carbonyl (C=O) groups is 2. The monoisotopic (exact) mass is 778 g/mol. The van der Waals surface area contributed by atoms with Crippen LogP contribution in [0.4, 0.5) is 17.6 Å². The molecule has 4 aromatic rings. The molecule has 54 heavy (non-hydrogen) atoms. The molecule has 6 rings (SSSR count). The Labute approximate surface area is 325 Å². The molecule has 0 aliphatic carbocycles. The van der Waals surface area contributed by atoms with E-state index in [9.17, 15) is 27.2 Å². The van der Waals surface area contributed by atoms with Crippen LogP contribution in [0.3, 0.4) is 0 Å². The van der Waals surface area contributed by atoms with Crippen molar-refractivity contribution in [3.8, 4) is 0 Å². The van der Waals surface area contributed by atoms with Crippen LogP contribution in [0.15, 0.2) is 110 Å². The average Bonchev–Trinajstić information content (AvgIpc) is 3.14. The van der Waals surface area contributed by atoms with Crippen molar-refractivity contribution < 1.29 is 27.2 Å². The standard InChI is InChI=1S/2C22H22ClF2NO/c2*1-3-10-22(17-5-7-18(24)8-6-17)11-12-26(21(27)14-22)15(2)16-4-9-19(23)20(25)13-16/h2*3-9,13,15H,1,10-12,14H2,2H3/t15-,22+;15-,22-/m00/s1. The van der Waals surface area contributed by atoms with Crippen LogP contribution in [0.5, 0.6) is 0 Å². The van der Waals surface area contributed by atoms with Gasteiger partial charge in [-0.3, -0.25) is 9.59 Å². The van der Waals surface area contributed by atoms with Gasteiger partial charge in [0.1, 0.15) is 23.3 Å². The highest BCUT2D eigenvalue weighted by Crippen LogP contribution is 2.43. The highest BCUT2D eigenvalue weighted by atomic mass is 35.5. The van der Waals surface area contributed by atoms with Gasteiger partial charge in [0.25, 0.3) is 0 Å². The van der Waals surface area contributed by atoms with Gasteiger partial charge in [-0.25, -0.2) is 17.6 Å². The topological polar surface area (TPSA) is 40.6 Å². The van der Waals surface area contributed by atoms with Gasteiger partial charge in [-0.1, -0.05) is 71.8 Å². The van der Waals surface area contributed by atoms with Crippen molar-refractivity contribution in [1.29, 1.82) is 0 Å². The molecule has 0 spiro atoms. The Morgan fingerprint density at radius 1 is 0.630 bits per heavy atom. The van der Waals surface area contributed by atoms with E-state index in [0.717, 1.165) is 24.0 Å². The number of nitrogens with zero attached hydrogens (tertiary/aromatic N) is 2. The SMILES string of the molecule is C=CC[C@@]1(c2ccc(F)cc2)CCN([C@@H](C)c2ccc(Cl)c(F)c2)C(=O)C1.C=CC[C@]1(c2ccc(F)cc2)CCN([C@@H](C)c2ccc(Cl)c(F)c2)C(=O)C1. The van der Waals surface area contributed by atoms with Crippen LogP contribution in [-0.4, -0.2) is 34.7 Å². The molecule has 4 nitrogen and oxygen atoms in total. The highest BCUT2D eigenvalue weighted by molar-refractivity contribution is 6.31. The Balaban J connectivity index is 0.000000208. The summed E-state index contributed by atoms with van der Waals surface area (Å²) in [6.07, 6.45) is 6.99. The fourth-order valence-electron chi connectivity index (χ4n) is 7.84. The van der Waals surface area contributed by atoms with E-state index in [4.69, 9.17) is 23.2 Å². The minimum absolute atomic E-state index is 0.00437. The molecule has 284 valence electrons.